The fourth-order valence-electron chi connectivity index (χ4n) is 2.05. The van der Waals surface area contributed by atoms with Crippen LogP contribution in [0.25, 0.3) is 0 Å². The normalized spacial score (nSPS) is 17.1. The molecule has 1 aliphatic carbocycles. The molecule has 0 atom stereocenters. The van der Waals surface area contributed by atoms with Crippen LogP contribution in [-0.4, -0.2) is 27.6 Å². The van der Waals surface area contributed by atoms with Gasteiger partial charge in [0.05, 0.1) is 13.7 Å². The number of hydrogen-bond acceptors (Lipinski definition) is 3. The van der Waals surface area contributed by atoms with E-state index in [4.69, 9.17) is 14.2 Å². The van der Waals surface area contributed by atoms with E-state index in [1.54, 1.807) is 14.2 Å². The van der Waals surface area contributed by atoms with E-state index in [0.717, 1.165) is 18.6 Å². The molecule has 0 N–H and O–H groups in total. The molecule has 3 heteroatoms. The first-order chi connectivity index (χ1) is 7.82. The van der Waals surface area contributed by atoms with Crippen molar-refractivity contribution >= 4 is 0 Å². The molecular weight excluding hydrogens is 204 g/mol. The van der Waals surface area contributed by atoms with E-state index in [1.807, 2.05) is 18.2 Å². The lowest BCUT2D eigenvalue weighted by Crippen LogP contribution is -2.17. The zero-order chi connectivity index (χ0) is 11.4. The van der Waals surface area contributed by atoms with Crippen molar-refractivity contribution in [2.45, 2.75) is 18.3 Å². The smallest absolute Gasteiger partial charge is 0.146 e. The van der Waals surface area contributed by atoms with Gasteiger partial charge >= 0.3 is 0 Å². The maximum atomic E-state index is 5.49. The quantitative estimate of drug-likeness (QED) is 0.546. The van der Waals surface area contributed by atoms with Gasteiger partial charge in [-0.1, -0.05) is 18.2 Å². The Morgan fingerprint density at radius 2 is 1.94 bits per heavy atom. The average molecular weight is 222 g/mol. The first-order valence-electron chi connectivity index (χ1n) is 5.52. The number of hydrogen-bond donors (Lipinski definition) is 0. The molecule has 1 aliphatic rings. The molecule has 0 amide bonds. The van der Waals surface area contributed by atoms with Crippen molar-refractivity contribution in [3.63, 3.8) is 0 Å². The lowest BCUT2D eigenvalue weighted by molar-refractivity contribution is -0.0386. The van der Waals surface area contributed by atoms with Gasteiger partial charge in [0.15, 0.2) is 0 Å². The molecule has 0 heterocycles. The highest BCUT2D eigenvalue weighted by Gasteiger charge is 2.46. The number of para-hydroxylation sites is 1. The molecule has 1 saturated carbocycles. The largest absolute Gasteiger partial charge is 0.496 e. The molecule has 0 spiro atoms. The number of ether oxygens (including phenoxy) is 3. The van der Waals surface area contributed by atoms with Crippen molar-refractivity contribution < 1.29 is 14.2 Å². The second-order valence-electron chi connectivity index (χ2n) is 4.24. The maximum Gasteiger partial charge on any atom is 0.146 e. The minimum atomic E-state index is 0.158. The Bertz CT molecular complexity index is 345. The van der Waals surface area contributed by atoms with Crippen LogP contribution in [0.5, 0.6) is 5.75 Å². The average Bonchev–Trinajstić information content (AvgIpc) is 3.10. The van der Waals surface area contributed by atoms with E-state index in [1.165, 1.54) is 5.56 Å². The molecule has 0 unspecified atom stereocenters. The van der Waals surface area contributed by atoms with Crippen LogP contribution in [0.4, 0.5) is 0 Å². The third kappa shape index (κ3) is 2.20. The van der Waals surface area contributed by atoms with Gasteiger partial charge < -0.3 is 14.2 Å². The summed E-state index contributed by atoms with van der Waals surface area (Å²) in [5, 5.41) is 0. The van der Waals surface area contributed by atoms with Gasteiger partial charge in [-0.3, -0.25) is 0 Å². The van der Waals surface area contributed by atoms with E-state index >= 15 is 0 Å². The number of rotatable bonds is 6. The van der Waals surface area contributed by atoms with Crippen LogP contribution in [0.1, 0.15) is 18.4 Å². The lowest BCUT2D eigenvalue weighted by Gasteiger charge is -2.18. The topological polar surface area (TPSA) is 27.7 Å². The molecular formula is C13H18O3. The third-order valence-corrected chi connectivity index (χ3v) is 3.11. The Labute approximate surface area is 96.3 Å². The number of benzene rings is 1. The van der Waals surface area contributed by atoms with Crippen LogP contribution >= 0.6 is 0 Å². The van der Waals surface area contributed by atoms with Crippen molar-refractivity contribution in [1.29, 1.82) is 0 Å². The fourth-order valence-corrected chi connectivity index (χ4v) is 2.05. The molecule has 0 aliphatic heterocycles. The SMILES string of the molecule is COCOCC1(c2ccccc2OC)CC1. The first kappa shape index (κ1) is 11.4. The Balaban J connectivity index is 2.10. The molecule has 3 nitrogen and oxygen atoms in total. The monoisotopic (exact) mass is 222 g/mol. The van der Waals surface area contributed by atoms with Crippen molar-refractivity contribution in [3.05, 3.63) is 29.8 Å². The molecule has 0 radical (unpaired) electrons. The summed E-state index contributed by atoms with van der Waals surface area (Å²) in [6.07, 6.45) is 2.33. The van der Waals surface area contributed by atoms with Gasteiger partial charge in [-0.05, 0) is 18.9 Å². The van der Waals surface area contributed by atoms with Crippen LogP contribution in [0.2, 0.25) is 0 Å². The van der Waals surface area contributed by atoms with E-state index in [-0.39, 0.29) is 5.41 Å². The molecule has 0 aromatic heterocycles. The summed E-state index contributed by atoms with van der Waals surface area (Å²) < 4.78 is 15.8. The summed E-state index contributed by atoms with van der Waals surface area (Å²) in [4.78, 5) is 0. The van der Waals surface area contributed by atoms with Gasteiger partial charge in [0.1, 0.15) is 12.5 Å². The van der Waals surface area contributed by atoms with E-state index in [0.29, 0.717) is 13.4 Å². The molecule has 0 bridgehead atoms. The maximum absolute atomic E-state index is 5.49. The predicted octanol–water partition coefficient (Wildman–Crippen LogP) is 2.35. The first-order valence-corrected chi connectivity index (χ1v) is 5.52. The van der Waals surface area contributed by atoms with E-state index in [9.17, 15) is 0 Å². The number of methoxy groups -OCH3 is 2. The highest BCUT2D eigenvalue weighted by Crippen LogP contribution is 2.51. The Hall–Kier alpha value is -1.06. The van der Waals surface area contributed by atoms with Crippen LogP contribution in [0.3, 0.4) is 0 Å². The Morgan fingerprint density at radius 3 is 2.56 bits per heavy atom. The molecule has 1 aromatic carbocycles. The summed E-state index contributed by atoms with van der Waals surface area (Å²) in [6, 6.07) is 8.18. The lowest BCUT2D eigenvalue weighted by atomic mass is 9.96. The summed E-state index contributed by atoms with van der Waals surface area (Å²) in [5.41, 5.74) is 1.42. The van der Waals surface area contributed by atoms with E-state index in [2.05, 4.69) is 6.07 Å². The van der Waals surface area contributed by atoms with Crippen molar-refractivity contribution in [2.75, 3.05) is 27.6 Å². The van der Waals surface area contributed by atoms with Crippen LogP contribution in [-0.2, 0) is 14.9 Å². The molecule has 2 rings (SSSR count). The molecule has 88 valence electrons. The fraction of sp³-hybridized carbons (Fsp3) is 0.538. The van der Waals surface area contributed by atoms with Gasteiger partial charge in [-0.15, -0.1) is 0 Å². The highest BCUT2D eigenvalue weighted by atomic mass is 16.7. The van der Waals surface area contributed by atoms with Gasteiger partial charge in [-0.2, -0.15) is 0 Å². The van der Waals surface area contributed by atoms with Crippen LogP contribution in [0, 0.1) is 0 Å². The summed E-state index contributed by atoms with van der Waals surface area (Å²) in [7, 11) is 3.35. The summed E-state index contributed by atoms with van der Waals surface area (Å²) in [6.45, 7) is 1.07. The van der Waals surface area contributed by atoms with Gasteiger partial charge in [0, 0.05) is 18.1 Å². The van der Waals surface area contributed by atoms with Crippen LogP contribution in [0.15, 0.2) is 24.3 Å². The Kier molecular flexibility index (Phi) is 3.46. The summed E-state index contributed by atoms with van der Waals surface area (Å²) >= 11 is 0. The van der Waals surface area contributed by atoms with Crippen molar-refractivity contribution in [3.8, 4) is 5.75 Å². The van der Waals surface area contributed by atoms with Crippen molar-refractivity contribution in [2.24, 2.45) is 0 Å². The second kappa shape index (κ2) is 4.85. The highest BCUT2D eigenvalue weighted by molar-refractivity contribution is 5.43. The Morgan fingerprint density at radius 1 is 1.19 bits per heavy atom. The molecule has 1 aromatic rings. The van der Waals surface area contributed by atoms with Gasteiger partial charge in [-0.25, -0.2) is 0 Å². The second-order valence-corrected chi connectivity index (χ2v) is 4.24. The zero-order valence-corrected chi connectivity index (χ0v) is 9.86. The minimum absolute atomic E-state index is 0.158. The molecule has 1 fully saturated rings. The molecule has 0 saturated heterocycles. The van der Waals surface area contributed by atoms with Gasteiger partial charge in [0.25, 0.3) is 0 Å². The molecule has 16 heavy (non-hydrogen) atoms. The third-order valence-electron chi connectivity index (χ3n) is 3.11. The summed E-state index contributed by atoms with van der Waals surface area (Å²) in [5.74, 6) is 0.959. The predicted molar refractivity (Wildman–Crippen MR) is 61.7 cm³/mol. The van der Waals surface area contributed by atoms with Crippen LogP contribution < -0.4 is 4.74 Å². The van der Waals surface area contributed by atoms with E-state index < -0.39 is 0 Å². The standard InChI is InChI=1S/C13H18O3/c1-14-10-16-9-13(7-8-13)11-5-3-4-6-12(11)15-2/h3-6H,7-10H2,1-2H3. The van der Waals surface area contributed by atoms with Gasteiger partial charge in [0.2, 0.25) is 0 Å². The zero-order valence-electron chi connectivity index (χ0n) is 9.86. The minimum Gasteiger partial charge on any atom is -0.496 e. The van der Waals surface area contributed by atoms with Crippen molar-refractivity contribution in [1.82, 2.24) is 0 Å².